The smallest absolute Gasteiger partial charge is 0.137 e. The predicted octanol–water partition coefficient (Wildman–Crippen LogP) is 3.18. The summed E-state index contributed by atoms with van der Waals surface area (Å²) in [7, 11) is 0. The lowest BCUT2D eigenvalue weighted by atomic mass is 10.0. The number of para-hydroxylation sites is 1. The zero-order valence-corrected chi connectivity index (χ0v) is 13.0. The van der Waals surface area contributed by atoms with Crippen LogP contribution in [-0.4, -0.2) is 43.7 Å². The highest BCUT2D eigenvalue weighted by atomic mass is 35.5. The number of nitrogens with one attached hydrogen (secondary N) is 1. The molecule has 112 valence electrons. The normalized spacial score (nSPS) is 19.2. The van der Waals surface area contributed by atoms with Gasteiger partial charge in [-0.15, -0.1) is 0 Å². The zero-order chi connectivity index (χ0) is 14.2. The van der Waals surface area contributed by atoms with Crippen LogP contribution in [0.2, 0.25) is 5.02 Å². The molecule has 0 radical (unpaired) electrons. The molecule has 0 saturated carbocycles. The maximum atomic E-state index is 6.08. The average Bonchev–Trinajstić information content (AvgIpc) is 2.49. The summed E-state index contributed by atoms with van der Waals surface area (Å²) in [5, 5.41) is 4.28. The number of ether oxygens (including phenoxy) is 1. The van der Waals surface area contributed by atoms with Crippen LogP contribution < -0.4 is 10.1 Å². The molecular formula is C16H25ClN2O. The molecule has 1 unspecified atom stereocenters. The number of rotatable bonds is 7. The highest BCUT2D eigenvalue weighted by Crippen LogP contribution is 2.22. The van der Waals surface area contributed by atoms with Crippen molar-refractivity contribution < 1.29 is 4.74 Å². The second kappa shape index (κ2) is 8.50. The Hall–Kier alpha value is -0.770. The molecule has 1 heterocycles. The lowest BCUT2D eigenvalue weighted by Gasteiger charge is -2.29. The molecule has 0 amide bonds. The van der Waals surface area contributed by atoms with Crippen molar-refractivity contribution in [1.82, 2.24) is 10.2 Å². The quantitative estimate of drug-likeness (QED) is 0.836. The van der Waals surface area contributed by atoms with Gasteiger partial charge in [-0.05, 0) is 38.1 Å². The number of likely N-dealkylation sites (N-methyl/N-ethyl adjacent to an activating group) is 1. The van der Waals surface area contributed by atoms with E-state index in [0.29, 0.717) is 17.7 Å². The Kier molecular flexibility index (Phi) is 6.64. The van der Waals surface area contributed by atoms with Gasteiger partial charge in [-0.3, -0.25) is 4.90 Å². The van der Waals surface area contributed by atoms with Gasteiger partial charge in [-0.1, -0.05) is 37.1 Å². The minimum absolute atomic E-state index is 0.643. The van der Waals surface area contributed by atoms with Crippen molar-refractivity contribution in [1.29, 1.82) is 0 Å². The molecule has 0 bridgehead atoms. The maximum Gasteiger partial charge on any atom is 0.137 e. The molecular weight excluding hydrogens is 272 g/mol. The van der Waals surface area contributed by atoms with Gasteiger partial charge in [-0.25, -0.2) is 0 Å². The van der Waals surface area contributed by atoms with E-state index in [-0.39, 0.29) is 0 Å². The van der Waals surface area contributed by atoms with Crippen molar-refractivity contribution in [3.05, 3.63) is 29.3 Å². The van der Waals surface area contributed by atoms with Crippen LogP contribution in [0, 0.1) is 0 Å². The van der Waals surface area contributed by atoms with E-state index in [1.807, 2.05) is 24.3 Å². The Morgan fingerprint density at radius 1 is 1.35 bits per heavy atom. The minimum atomic E-state index is 0.643. The molecule has 1 N–H and O–H groups in total. The van der Waals surface area contributed by atoms with E-state index in [4.69, 9.17) is 16.3 Å². The Morgan fingerprint density at radius 2 is 2.20 bits per heavy atom. The van der Waals surface area contributed by atoms with Crippen molar-refractivity contribution in [2.24, 2.45) is 0 Å². The van der Waals surface area contributed by atoms with E-state index >= 15 is 0 Å². The number of nitrogens with zero attached hydrogens (tertiary/aromatic N) is 1. The van der Waals surface area contributed by atoms with Crippen LogP contribution in [0.15, 0.2) is 24.3 Å². The SMILES string of the molecule is CCN(CCOc1ccccc1Cl)CC1CCCCN1. The second-order valence-electron chi connectivity index (χ2n) is 5.32. The van der Waals surface area contributed by atoms with Crippen molar-refractivity contribution in [2.75, 3.05) is 32.8 Å². The first kappa shape index (κ1) is 15.6. The van der Waals surface area contributed by atoms with E-state index < -0.39 is 0 Å². The third-order valence-corrected chi connectivity index (χ3v) is 4.15. The summed E-state index contributed by atoms with van der Waals surface area (Å²) in [6.45, 7) is 7.17. The summed E-state index contributed by atoms with van der Waals surface area (Å²) in [4.78, 5) is 2.44. The fourth-order valence-electron chi connectivity index (χ4n) is 2.62. The van der Waals surface area contributed by atoms with Crippen molar-refractivity contribution in [2.45, 2.75) is 32.2 Å². The average molecular weight is 297 g/mol. The van der Waals surface area contributed by atoms with E-state index in [2.05, 4.69) is 17.1 Å². The first-order chi connectivity index (χ1) is 9.79. The molecule has 1 aromatic rings. The van der Waals surface area contributed by atoms with Gasteiger partial charge in [-0.2, -0.15) is 0 Å². The van der Waals surface area contributed by atoms with Crippen LogP contribution in [-0.2, 0) is 0 Å². The van der Waals surface area contributed by atoms with Crippen LogP contribution in [0.3, 0.4) is 0 Å². The Labute approximate surface area is 127 Å². The Bertz CT molecular complexity index is 394. The summed E-state index contributed by atoms with van der Waals surface area (Å²) in [6, 6.07) is 8.29. The van der Waals surface area contributed by atoms with Gasteiger partial charge in [0.1, 0.15) is 12.4 Å². The zero-order valence-electron chi connectivity index (χ0n) is 12.3. The van der Waals surface area contributed by atoms with Gasteiger partial charge < -0.3 is 10.1 Å². The molecule has 20 heavy (non-hydrogen) atoms. The summed E-state index contributed by atoms with van der Waals surface area (Å²) >= 11 is 6.08. The molecule has 0 spiro atoms. The standard InChI is InChI=1S/C16H25ClN2O/c1-2-19(13-14-7-5-6-10-18-14)11-12-20-16-9-4-3-8-15(16)17/h3-4,8-9,14,18H,2,5-7,10-13H2,1H3. The molecule has 1 aliphatic heterocycles. The van der Waals surface area contributed by atoms with Gasteiger partial charge in [0.25, 0.3) is 0 Å². The topological polar surface area (TPSA) is 24.5 Å². The molecule has 0 aromatic heterocycles. The molecule has 1 aliphatic rings. The van der Waals surface area contributed by atoms with Gasteiger partial charge in [0.2, 0.25) is 0 Å². The minimum Gasteiger partial charge on any atom is -0.491 e. The van der Waals surface area contributed by atoms with E-state index in [9.17, 15) is 0 Å². The highest BCUT2D eigenvalue weighted by molar-refractivity contribution is 6.32. The molecule has 3 nitrogen and oxygen atoms in total. The fraction of sp³-hybridized carbons (Fsp3) is 0.625. The number of hydrogen-bond donors (Lipinski definition) is 1. The number of piperidine rings is 1. The van der Waals surface area contributed by atoms with Gasteiger partial charge >= 0.3 is 0 Å². The van der Waals surface area contributed by atoms with Crippen molar-refractivity contribution in [3.8, 4) is 5.75 Å². The molecule has 0 aliphatic carbocycles. The van der Waals surface area contributed by atoms with Crippen LogP contribution in [0.5, 0.6) is 5.75 Å². The lowest BCUT2D eigenvalue weighted by molar-refractivity contribution is 0.190. The van der Waals surface area contributed by atoms with E-state index in [1.165, 1.54) is 25.8 Å². The van der Waals surface area contributed by atoms with Crippen LogP contribution in [0.25, 0.3) is 0 Å². The first-order valence-electron chi connectivity index (χ1n) is 7.62. The summed E-state index contributed by atoms with van der Waals surface area (Å²) in [6.07, 6.45) is 3.96. The molecule has 1 aromatic carbocycles. The van der Waals surface area contributed by atoms with Crippen molar-refractivity contribution in [3.63, 3.8) is 0 Å². The molecule has 4 heteroatoms. The van der Waals surface area contributed by atoms with Gasteiger partial charge in [0.15, 0.2) is 0 Å². The summed E-state index contributed by atoms with van der Waals surface area (Å²) in [5.41, 5.74) is 0. The summed E-state index contributed by atoms with van der Waals surface area (Å²) in [5.74, 6) is 0.779. The Balaban J connectivity index is 1.72. The maximum absolute atomic E-state index is 6.08. The molecule has 1 saturated heterocycles. The molecule has 2 rings (SSSR count). The van der Waals surface area contributed by atoms with Crippen molar-refractivity contribution >= 4 is 11.6 Å². The number of hydrogen-bond acceptors (Lipinski definition) is 3. The number of benzene rings is 1. The molecule has 1 fully saturated rings. The van der Waals surface area contributed by atoms with Crippen LogP contribution in [0.1, 0.15) is 26.2 Å². The Morgan fingerprint density at radius 3 is 2.90 bits per heavy atom. The third kappa shape index (κ3) is 4.97. The first-order valence-corrected chi connectivity index (χ1v) is 8.00. The van der Waals surface area contributed by atoms with Crippen LogP contribution in [0.4, 0.5) is 0 Å². The fourth-order valence-corrected chi connectivity index (χ4v) is 2.81. The van der Waals surface area contributed by atoms with Crippen LogP contribution >= 0.6 is 11.6 Å². The highest BCUT2D eigenvalue weighted by Gasteiger charge is 2.15. The predicted molar refractivity (Wildman–Crippen MR) is 84.7 cm³/mol. The number of halogens is 1. The second-order valence-corrected chi connectivity index (χ2v) is 5.73. The van der Waals surface area contributed by atoms with E-state index in [1.54, 1.807) is 0 Å². The van der Waals surface area contributed by atoms with Gasteiger partial charge in [0, 0.05) is 19.1 Å². The van der Waals surface area contributed by atoms with Gasteiger partial charge in [0.05, 0.1) is 5.02 Å². The lowest BCUT2D eigenvalue weighted by Crippen LogP contribution is -2.44. The monoisotopic (exact) mass is 296 g/mol. The summed E-state index contributed by atoms with van der Waals surface area (Å²) < 4.78 is 5.76. The van der Waals surface area contributed by atoms with E-state index in [0.717, 1.165) is 25.4 Å². The third-order valence-electron chi connectivity index (χ3n) is 3.84. The molecule has 1 atom stereocenters. The largest absolute Gasteiger partial charge is 0.491 e.